The van der Waals surface area contributed by atoms with Crippen LogP contribution < -0.4 is 0 Å². The van der Waals surface area contributed by atoms with E-state index in [1.165, 1.54) is 11.1 Å². The van der Waals surface area contributed by atoms with E-state index < -0.39 is 10.0 Å². The number of piperidine rings is 1. The van der Waals surface area contributed by atoms with Crippen LogP contribution in [0.4, 0.5) is 0 Å². The Balaban J connectivity index is 1.70. The number of benzene rings is 2. The van der Waals surface area contributed by atoms with Gasteiger partial charge in [-0.2, -0.15) is 0 Å². The monoisotopic (exact) mass is 480 g/mol. The van der Waals surface area contributed by atoms with Crippen molar-refractivity contribution < 1.29 is 8.42 Å². The van der Waals surface area contributed by atoms with Gasteiger partial charge in [-0.15, -0.1) is 0 Å². The van der Waals surface area contributed by atoms with E-state index in [-0.39, 0.29) is 11.7 Å². The highest BCUT2D eigenvalue weighted by Crippen LogP contribution is 2.34. The Bertz CT molecular complexity index is 1250. The van der Waals surface area contributed by atoms with Crippen molar-refractivity contribution >= 4 is 20.9 Å². The van der Waals surface area contributed by atoms with Crippen molar-refractivity contribution in [2.45, 2.75) is 52.0 Å². The lowest BCUT2D eigenvalue weighted by atomic mass is 9.91. The molecule has 3 aromatic rings. The number of rotatable bonds is 8. The summed E-state index contributed by atoms with van der Waals surface area (Å²) in [7, 11) is 0.958. The third-order valence-electron chi connectivity index (χ3n) is 6.62. The lowest BCUT2D eigenvalue weighted by Gasteiger charge is -2.31. The van der Waals surface area contributed by atoms with Crippen molar-refractivity contribution in [3.63, 3.8) is 0 Å². The average molecular weight is 481 g/mol. The molecule has 0 N–H and O–H groups in total. The van der Waals surface area contributed by atoms with Crippen LogP contribution in [-0.4, -0.2) is 60.5 Å². The number of unbranched alkanes of at least 4 members (excludes halogenated alkanes) is 1. The molecule has 1 saturated heterocycles. The molecule has 0 spiro atoms. The minimum Gasteiger partial charge on any atom is -0.305 e. The van der Waals surface area contributed by atoms with E-state index in [1.807, 2.05) is 13.0 Å². The number of aromatic nitrogens is 2. The van der Waals surface area contributed by atoms with Crippen LogP contribution in [0.2, 0.25) is 0 Å². The van der Waals surface area contributed by atoms with Gasteiger partial charge in [0.1, 0.15) is 0 Å². The summed E-state index contributed by atoms with van der Waals surface area (Å²) in [6.45, 7) is 6.04. The van der Waals surface area contributed by atoms with Gasteiger partial charge in [-0.1, -0.05) is 49.7 Å². The minimum atomic E-state index is -3.17. The second-order valence-electron chi connectivity index (χ2n) is 9.69. The first-order valence-corrected chi connectivity index (χ1v) is 13.9. The van der Waals surface area contributed by atoms with Crippen LogP contribution in [0.25, 0.3) is 22.3 Å². The molecule has 0 radical (unpaired) electrons. The molecular weight excluding hydrogens is 444 g/mol. The quantitative estimate of drug-likeness (QED) is 0.455. The highest BCUT2D eigenvalue weighted by atomic mass is 32.2. The Morgan fingerprint density at radius 3 is 2.50 bits per heavy atom. The van der Waals surface area contributed by atoms with Crippen LogP contribution >= 0.6 is 0 Å². The maximum Gasteiger partial charge on any atom is 0.214 e. The van der Waals surface area contributed by atoms with Gasteiger partial charge in [-0.3, -0.25) is 0 Å². The van der Waals surface area contributed by atoms with E-state index in [2.05, 4.69) is 62.3 Å². The van der Waals surface area contributed by atoms with E-state index >= 15 is 0 Å². The predicted molar refractivity (Wildman–Crippen MR) is 139 cm³/mol. The fraction of sp³-hybridized carbons (Fsp3) is 0.481. The summed E-state index contributed by atoms with van der Waals surface area (Å²) in [6.07, 6.45) is 3.17. The zero-order chi connectivity index (χ0) is 24.3. The van der Waals surface area contributed by atoms with Gasteiger partial charge in [-0.05, 0) is 57.5 Å². The maximum absolute atomic E-state index is 12.7. The molecule has 7 heteroatoms. The maximum atomic E-state index is 12.7. The second kappa shape index (κ2) is 10.5. The Morgan fingerprint density at radius 2 is 1.79 bits per heavy atom. The molecule has 4 rings (SSSR count). The van der Waals surface area contributed by atoms with Gasteiger partial charge >= 0.3 is 0 Å². The normalized spacial score (nSPS) is 15.9. The zero-order valence-electron chi connectivity index (χ0n) is 20.8. The number of nitrogens with zero attached hydrogens (tertiary/aromatic N) is 4. The Labute approximate surface area is 204 Å². The van der Waals surface area contributed by atoms with Crippen LogP contribution in [0.5, 0.6) is 0 Å². The summed E-state index contributed by atoms with van der Waals surface area (Å²) in [6, 6.07) is 14.7. The fourth-order valence-corrected chi connectivity index (χ4v) is 6.45. The molecule has 0 bridgehead atoms. The third-order valence-corrected chi connectivity index (χ3v) is 8.57. The van der Waals surface area contributed by atoms with Gasteiger partial charge in [0, 0.05) is 36.5 Å². The molecule has 0 unspecified atom stereocenters. The van der Waals surface area contributed by atoms with Crippen molar-refractivity contribution in [2.75, 3.05) is 32.9 Å². The van der Waals surface area contributed by atoms with Crippen molar-refractivity contribution in [2.24, 2.45) is 0 Å². The summed E-state index contributed by atoms with van der Waals surface area (Å²) in [5, 5.41) is 1.08. The first kappa shape index (κ1) is 24.8. The van der Waals surface area contributed by atoms with Gasteiger partial charge < -0.3 is 4.90 Å². The van der Waals surface area contributed by atoms with Crippen LogP contribution in [0, 0.1) is 6.92 Å². The highest BCUT2D eigenvalue weighted by molar-refractivity contribution is 7.89. The van der Waals surface area contributed by atoms with E-state index in [1.54, 1.807) is 4.31 Å². The van der Waals surface area contributed by atoms with Gasteiger partial charge in [0.05, 0.1) is 17.0 Å². The highest BCUT2D eigenvalue weighted by Gasteiger charge is 2.30. The lowest BCUT2D eigenvalue weighted by Crippen LogP contribution is -2.39. The zero-order valence-corrected chi connectivity index (χ0v) is 21.6. The molecule has 2 heterocycles. The molecule has 1 aliphatic rings. The molecule has 0 amide bonds. The number of hydrogen-bond acceptors (Lipinski definition) is 5. The summed E-state index contributed by atoms with van der Waals surface area (Å²) >= 11 is 0. The van der Waals surface area contributed by atoms with Crippen molar-refractivity contribution in [1.29, 1.82) is 0 Å². The number of sulfonamides is 1. The Morgan fingerprint density at radius 1 is 1.06 bits per heavy atom. The SMILES string of the molecule is CCCCS(=O)(=O)N1CCC(c2nc(-c3ccccc3CN(C)C)nc3cc(C)ccc23)CC1. The smallest absolute Gasteiger partial charge is 0.214 e. The third kappa shape index (κ3) is 5.48. The topological polar surface area (TPSA) is 66.4 Å². The molecule has 1 aliphatic heterocycles. The van der Waals surface area contributed by atoms with Crippen molar-refractivity contribution in [3.8, 4) is 11.4 Å². The molecule has 0 atom stereocenters. The second-order valence-corrected chi connectivity index (χ2v) is 11.8. The van der Waals surface area contributed by atoms with Crippen LogP contribution in [-0.2, 0) is 16.6 Å². The minimum absolute atomic E-state index is 0.214. The summed E-state index contributed by atoms with van der Waals surface area (Å²) in [5.41, 5.74) is 5.42. The molecule has 0 saturated carbocycles. The van der Waals surface area contributed by atoms with E-state index in [4.69, 9.17) is 9.97 Å². The Hall–Kier alpha value is -2.35. The van der Waals surface area contributed by atoms with Crippen molar-refractivity contribution in [1.82, 2.24) is 19.2 Å². The summed E-state index contributed by atoms with van der Waals surface area (Å²) in [5.74, 6) is 1.21. The van der Waals surface area contributed by atoms with Crippen LogP contribution in [0.15, 0.2) is 42.5 Å². The largest absolute Gasteiger partial charge is 0.305 e. The lowest BCUT2D eigenvalue weighted by molar-refractivity contribution is 0.317. The van der Waals surface area contributed by atoms with Gasteiger partial charge in [0.25, 0.3) is 0 Å². The van der Waals surface area contributed by atoms with Gasteiger partial charge in [0.15, 0.2) is 5.82 Å². The molecule has 6 nitrogen and oxygen atoms in total. The molecule has 182 valence electrons. The number of hydrogen-bond donors (Lipinski definition) is 0. The van der Waals surface area contributed by atoms with Crippen LogP contribution in [0.1, 0.15) is 55.3 Å². The van der Waals surface area contributed by atoms with Gasteiger partial charge in [-0.25, -0.2) is 22.7 Å². The molecular formula is C27H36N4O2S. The molecule has 34 heavy (non-hydrogen) atoms. The number of aryl methyl sites for hydroxylation is 1. The summed E-state index contributed by atoms with van der Waals surface area (Å²) in [4.78, 5) is 12.3. The fourth-order valence-electron chi connectivity index (χ4n) is 4.78. The first-order chi connectivity index (χ1) is 16.3. The molecule has 0 aliphatic carbocycles. The average Bonchev–Trinajstić information content (AvgIpc) is 2.82. The van der Waals surface area contributed by atoms with E-state index in [0.29, 0.717) is 19.5 Å². The van der Waals surface area contributed by atoms with Crippen LogP contribution in [0.3, 0.4) is 0 Å². The molecule has 2 aromatic carbocycles. The van der Waals surface area contributed by atoms with Gasteiger partial charge in [0.2, 0.25) is 10.0 Å². The molecule has 1 aromatic heterocycles. The van der Waals surface area contributed by atoms with E-state index in [9.17, 15) is 8.42 Å². The molecule has 1 fully saturated rings. The first-order valence-electron chi connectivity index (χ1n) is 12.3. The summed E-state index contributed by atoms with van der Waals surface area (Å²) < 4.78 is 27.1. The van der Waals surface area contributed by atoms with E-state index in [0.717, 1.165) is 53.8 Å². The standard InChI is InChI=1S/C27H36N4O2S/c1-5-6-17-34(32,33)31-15-13-21(14-16-31)26-24-12-11-20(2)18-25(24)28-27(29-26)23-10-8-7-9-22(23)19-30(3)4/h7-12,18,21H,5-6,13-17,19H2,1-4H3. The Kier molecular flexibility index (Phi) is 7.65. The predicted octanol–water partition coefficient (Wildman–Crippen LogP) is 4.98. The number of fused-ring (bicyclic) bond motifs is 1. The van der Waals surface area contributed by atoms with Crippen molar-refractivity contribution in [3.05, 3.63) is 59.3 Å².